The third-order valence-corrected chi connectivity index (χ3v) is 8.04. The number of nitrogens with zero attached hydrogens (tertiary/aromatic N) is 3. The standard InChI is InChI=1S/C19H19ClFN5O4S/c1-10-16-19(9-30-10,25-18(22)26(2)31(16,28)29)13-7-12(4-5-14(13)21)24-17(27)15-6-3-11(20)8-23-15/h3-8,10,16H,9H2,1-2H3,(H2,22,25)(H,24,27)/t10-,16-,19-/m1/s1. The van der Waals surface area contributed by atoms with E-state index in [0.717, 1.165) is 10.4 Å². The number of nitrogens with one attached hydrogen (secondary N) is 1. The van der Waals surface area contributed by atoms with Crippen molar-refractivity contribution >= 4 is 39.2 Å². The molecule has 0 bridgehead atoms. The van der Waals surface area contributed by atoms with Gasteiger partial charge in [-0.1, -0.05) is 11.6 Å². The minimum absolute atomic E-state index is 0.0386. The van der Waals surface area contributed by atoms with Crippen LogP contribution in [0.4, 0.5) is 10.1 Å². The van der Waals surface area contributed by atoms with Gasteiger partial charge in [0.05, 0.1) is 17.7 Å². The number of aromatic nitrogens is 1. The first-order valence-electron chi connectivity index (χ1n) is 9.24. The molecule has 0 saturated carbocycles. The van der Waals surface area contributed by atoms with Crippen molar-refractivity contribution in [2.45, 2.75) is 23.8 Å². The summed E-state index contributed by atoms with van der Waals surface area (Å²) in [5, 5.41) is 1.81. The molecule has 164 valence electrons. The number of hydrogen-bond acceptors (Lipinski definition) is 7. The van der Waals surface area contributed by atoms with Gasteiger partial charge in [0.1, 0.15) is 22.3 Å². The van der Waals surface area contributed by atoms with Crippen molar-refractivity contribution in [1.82, 2.24) is 9.29 Å². The Kier molecular flexibility index (Phi) is 5.15. The van der Waals surface area contributed by atoms with Crippen LogP contribution in [0.25, 0.3) is 0 Å². The number of halogens is 2. The Labute approximate surface area is 183 Å². The molecule has 2 aromatic rings. The first-order valence-corrected chi connectivity index (χ1v) is 11.1. The van der Waals surface area contributed by atoms with E-state index in [0.29, 0.717) is 5.02 Å². The number of guanidine groups is 1. The molecule has 3 N–H and O–H groups in total. The van der Waals surface area contributed by atoms with Crippen LogP contribution in [0.5, 0.6) is 0 Å². The Balaban J connectivity index is 1.77. The Morgan fingerprint density at radius 3 is 2.81 bits per heavy atom. The molecule has 9 nitrogen and oxygen atoms in total. The van der Waals surface area contributed by atoms with Crippen molar-refractivity contribution in [3.63, 3.8) is 0 Å². The molecule has 1 amide bonds. The van der Waals surface area contributed by atoms with Crippen molar-refractivity contribution in [2.24, 2.45) is 10.7 Å². The molecule has 2 aliphatic heterocycles. The van der Waals surface area contributed by atoms with Gasteiger partial charge in [0, 0.05) is 24.5 Å². The van der Waals surface area contributed by atoms with Crippen LogP contribution in [0, 0.1) is 5.82 Å². The van der Waals surface area contributed by atoms with E-state index in [1.807, 2.05) is 0 Å². The van der Waals surface area contributed by atoms with Gasteiger partial charge in [0.25, 0.3) is 5.91 Å². The Morgan fingerprint density at radius 2 is 2.13 bits per heavy atom. The number of anilines is 1. The number of pyridine rings is 1. The van der Waals surface area contributed by atoms with Gasteiger partial charge in [-0.15, -0.1) is 0 Å². The first-order chi connectivity index (χ1) is 14.6. The largest absolute Gasteiger partial charge is 0.374 e. The molecule has 1 aromatic heterocycles. The molecule has 1 aromatic carbocycles. The van der Waals surface area contributed by atoms with E-state index in [1.54, 1.807) is 6.92 Å². The molecule has 0 unspecified atom stereocenters. The molecule has 12 heteroatoms. The molecule has 3 atom stereocenters. The second kappa shape index (κ2) is 7.43. The van der Waals surface area contributed by atoms with Gasteiger partial charge in [-0.3, -0.25) is 4.79 Å². The van der Waals surface area contributed by atoms with Gasteiger partial charge in [-0.25, -0.2) is 27.1 Å². The smallest absolute Gasteiger partial charge is 0.274 e. The van der Waals surface area contributed by atoms with Crippen LogP contribution in [0.15, 0.2) is 41.5 Å². The van der Waals surface area contributed by atoms with E-state index in [9.17, 15) is 17.6 Å². The predicted octanol–water partition coefficient (Wildman–Crippen LogP) is 1.70. The lowest BCUT2D eigenvalue weighted by Crippen LogP contribution is -2.58. The van der Waals surface area contributed by atoms with E-state index >= 15 is 0 Å². The number of carbonyl (C=O) groups excluding carboxylic acids is 1. The van der Waals surface area contributed by atoms with Gasteiger partial charge in [-0.05, 0) is 37.3 Å². The zero-order chi connectivity index (χ0) is 22.6. The van der Waals surface area contributed by atoms with Crippen molar-refractivity contribution in [3.8, 4) is 0 Å². The topological polar surface area (TPSA) is 127 Å². The number of hydrogen-bond donors (Lipinski definition) is 2. The fourth-order valence-corrected chi connectivity index (χ4v) is 5.96. The lowest BCUT2D eigenvalue weighted by atomic mass is 9.86. The fraction of sp³-hybridized carbons (Fsp3) is 0.316. The summed E-state index contributed by atoms with van der Waals surface area (Å²) in [4.78, 5) is 20.8. The number of amides is 1. The van der Waals surface area contributed by atoms with E-state index in [4.69, 9.17) is 22.1 Å². The third kappa shape index (κ3) is 3.42. The molecule has 0 radical (unpaired) electrons. The average Bonchev–Trinajstić information content (AvgIpc) is 3.06. The molecule has 1 fully saturated rings. The highest BCUT2D eigenvalue weighted by Gasteiger charge is 2.61. The number of sulfonamides is 1. The van der Waals surface area contributed by atoms with Crippen LogP contribution in [0.1, 0.15) is 23.0 Å². The summed E-state index contributed by atoms with van der Waals surface area (Å²) in [5.74, 6) is -1.51. The average molecular weight is 468 g/mol. The highest BCUT2D eigenvalue weighted by Crippen LogP contribution is 2.46. The van der Waals surface area contributed by atoms with Crippen LogP contribution in [-0.2, 0) is 20.3 Å². The molecular formula is C19H19ClFN5O4S. The maximum absolute atomic E-state index is 15.0. The summed E-state index contributed by atoms with van der Waals surface area (Å²) in [5.41, 5.74) is 4.58. The second-order valence-corrected chi connectivity index (χ2v) is 9.88. The molecule has 4 rings (SSSR count). The van der Waals surface area contributed by atoms with Crippen LogP contribution in [0.2, 0.25) is 5.02 Å². The zero-order valence-electron chi connectivity index (χ0n) is 16.5. The van der Waals surface area contributed by atoms with E-state index < -0.39 is 38.6 Å². The molecule has 31 heavy (non-hydrogen) atoms. The summed E-state index contributed by atoms with van der Waals surface area (Å²) in [6.07, 6.45) is 0.578. The lowest BCUT2D eigenvalue weighted by molar-refractivity contribution is 0.102. The number of fused-ring (bicyclic) bond motifs is 1. The van der Waals surface area contributed by atoms with Crippen LogP contribution in [-0.4, -0.2) is 54.6 Å². The van der Waals surface area contributed by atoms with E-state index in [-0.39, 0.29) is 29.5 Å². The molecule has 0 spiro atoms. The lowest BCUT2D eigenvalue weighted by Gasteiger charge is -2.39. The van der Waals surface area contributed by atoms with Crippen LogP contribution in [0.3, 0.4) is 0 Å². The number of aliphatic imine (C=N–C) groups is 1. The summed E-state index contributed by atoms with van der Waals surface area (Å²) >= 11 is 5.79. The quantitative estimate of drug-likeness (QED) is 0.707. The SMILES string of the molecule is C[C@H]1OC[C@]2(c3cc(NC(=O)c4ccc(Cl)cn4)ccc3F)N=C(N)N(C)S(=O)(=O)[C@H]12. The molecule has 2 aliphatic rings. The molecular weight excluding hydrogens is 449 g/mol. The monoisotopic (exact) mass is 467 g/mol. The van der Waals surface area contributed by atoms with Crippen LogP contribution >= 0.6 is 11.6 Å². The van der Waals surface area contributed by atoms with Gasteiger partial charge < -0.3 is 15.8 Å². The Morgan fingerprint density at radius 1 is 1.39 bits per heavy atom. The first kappa shape index (κ1) is 21.5. The molecule has 1 saturated heterocycles. The number of ether oxygens (including phenoxy) is 1. The van der Waals surface area contributed by atoms with Gasteiger partial charge >= 0.3 is 0 Å². The van der Waals surface area contributed by atoms with Crippen molar-refractivity contribution in [1.29, 1.82) is 0 Å². The third-order valence-electron chi connectivity index (χ3n) is 5.45. The van der Waals surface area contributed by atoms with E-state index in [2.05, 4.69) is 15.3 Å². The number of rotatable bonds is 3. The van der Waals surface area contributed by atoms with Crippen LogP contribution < -0.4 is 11.1 Å². The summed E-state index contributed by atoms with van der Waals surface area (Å²) in [6.45, 7) is 1.41. The van der Waals surface area contributed by atoms with Gasteiger partial charge in [-0.2, -0.15) is 0 Å². The predicted molar refractivity (Wildman–Crippen MR) is 113 cm³/mol. The minimum atomic E-state index is -3.97. The maximum Gasteiger partial charge on any atom is 0.274 e. The van der Waals surface area contributed by atoms with Crippen molar-refractivity contribution in [2.75, 3.05) is 19.0 Å². The number of carbonyl (C=O) groups is 1. The highest BCUT2D eigenvalue weighted by molar-refractivity contribution is 7.90. The van der Waals surface area contributed by atoms with Gasteiger partial charge in [0.15, 0.2) is 0 Å². The van der Waals surface area contributed by atoms with E-state index in [1.165, 1.54) is 37.5 Å². The molecule has 3 heterocycles. The van der Waals surface area contributed by atoms with Crippen molar-refractivity contribution < 1.29 is 22.3 Å². The minimum Gasteiger partial charge on any atom is -0.374 e. The zero-order valence-corrected chi connectivity index (χ0v) is 18.1. The maximum atomic E-state index is 15.0. The number of nitrogens with two attached hydrogens (primary N) is 1. The normalized spacial score (nSPS) is 26.8. The fourth-order valence-electron chi connectivity index (χ4n) is 3.91. The Hall–Kier alpha value is -2.76. The summed E-state index contributed by atoms with van der Waals surface area (Å²) in [6, 6.07) is 6.79. The van der Waals surface area contributed by atoms with Crippen molar-refractivity contribution in [3.05, 3.63) is 58.6 Å². The summed E-state index contributed by atoms with van der Waals surface area (Å²) in [7, 11) is -2.68. The second-order valence-electron chi connectivity index (χ2n) is 7.35. The molecule has 0 aliphatic carbocycles. The number of benzene rings is 1. The highest BCUT2D eigenvalue weighted by atomic mass is 35.5. The van der Waals surface area contributed by atoms with Gasteiger partial charge in [0.2, 0.25) is 16.0 Å². The Bertz CT molecular complexity index is 1190. The summed E-state index contributed by atoms with van der Waals surface area (Å²) < 4.78 is 47.6.